The van der Waals surface area contributed by atoms with E-state index >= 15 is 0 Å². The van der Waals surface area contributed by atoms with Crippen LogP contribution < -0.4 is 9.62 Å². The number of amides is 2. The van der Waals surface area contributed by atoms with Crippen LogP contribution in [0.5, 0.6) is 0 Å². The zero-order valence-electron chi connectivity index (χ0n) is 24.8. The molecule has 9 heteroatoms. The van der Waals surface area contributed by atoms with Gasteiger partial charge in [0.1, 0.15) is 12.6 Å². The van der Waals surface area contributed by atoms with Gasteiger partial charge in [-0.3, -0.25) is 13.9 Å². The molecular weight excluding hydrogens is 558 g/mol. The summed E-state index contributed by atoms with van der Waals surface area (Å²) in [6.07, 6.45) is 0. The third-order valence-electron chi connectivity index (χ3n) is 6.67. The molecule has 0 spiro atoms. The number of hydrogen-bond donors (Lipinski definition) is 1. The summed E-state index contributed by atoms with van der Waals surface area (Å²) in [5.74, 6) is -0.598. The van der Waals surface area contributed by atoms with Crippen molar-refractivity contribution in [3.05, 3.63) is 94.5 Å². The second kappa shape index (κ2) is 13.1. The number of carbonyl (C=O) groups is 2. The Hall–Kier alpha value is -3.36. The van der Waals surface area contributed by atoms with Crippen LogP contribution in [0.1, 0.15) is 64.2 Å². The number of sulfonamides is 1. The Morgan fingerprint density at radius 1 is 0.878 bits per heavy atom. The fraction of sp³-hybridized carbons (Fsp3) is 0.375. The van der Waals surface area contributed by atoms with Gasteiger partial charge in [-0.2, -0.15) is 0 Å². The third kappa shape index (κ3) is 8.57. The molecule has 2 amide bonds. The molecule has 0 saturated heterocycles. The Labute approximate surface area is 249 Å². The van der Waals surface area contributed by atoms with E-state index < -0.39 is 34.1 Å². The molecule has 0 fully saturated rings. The quantitative estimate of drug-likeness (QED) is 0.297. The predicted molar refractivity (Wildman–Crippen MR) is 166 cm³/mol. The van der Waals surface area contributed by atoms with Gasteiger partial charge in [0.2, 0.25) is 11.8 Å². The van der Waals surface area contributed by atoms with Crippen molar-refractivity contribution < 1.29 is 18.0 Å². The summed E-state index contributed by atoms with van der Waals surface area (Å²) in [4.78, 5) is 28.7. The standard InChI is InChI=1S/C32H40ClN3O4S/c1-22(2)26-12-16-28(17-13-26)36(41(39,40)29-18-8-23(3)9-19-29)21-30(37)35(20-25-10-14-27(33)15-11-25)24(4)31(38)34-32(5,6)7/h8-19,22,24H,20-21H2,1-7H3,(H,34,38)/t24-/m1/s1. The lowest BCUT2D eigenvalue weighted by Crippen LogP contribution is -2.54. The molecule has 220 valence electrons. The fourth-order valence-electron chi connectivity index (χ4n) is 4.23. The first-order valence-electron chi connectivity index (χ1n) is 13.6. The van der Waals surface area contributed by atoms with E-state index in [-0.39, 0.29) is 23.3 Å². The normalized spacial score (nSPS) is 12.6. The van der Waals surface area contributed by atoms with Crippen LogP contribution in [0.15, 0.2) is 77.7 Å². The van der Waals surface area contributed by atoms with Crippen LogP contribution in [0.4, 0.5) is 5.69 Å². The minimum absolute atomic E-state index is 0.0756. The molecule has 0 unspecified atom stereocenters. The van der Waals surface area contributed by atoms with E-state index in [9.17, 15) is 18.0 Å². The van der Waals surface area contributed by atoms with E-state index in [2.05, 4.69) is 19.2 Å². The number of benzene rings is 3. The summed E-state index contributed by atoms with van der Waals surface area (Å²) in [5, 5.41) is 3.47. The van der Waals surface area contributed by atoms with Gasteiger partial charge < -0.3 is 10.2 Å². The topological polar surface area (TPSA) is 86.8 Å². The van der Waals surface area contributed by atoms with Crippen LogP contribution in [0.2, 0.25) is 5.02 Å². The van der Waals surface area contributed by atoms with Crippen molar-refractivity contribution in [1.29, 1.82) is 0 Å². The van der Waals surface area contributed by atoms with Crippen molar-refractivity contribution in [2.45, 2.75) is 77.4 Å². The molecule has 0 heterocycles. The second-order valence-electron chi connectivity index (χ2n) is 11.6. The van der Waals surface area contributed by atoms with Gasteiger partial charge in [0.05, 0.1) is 10.6 Å². The van der Waals surface area contributed by atoms with Gasteiger partial charge in [-0.05, 0) is 88.1 Å². The molecule has 0 aliphatic heterocycles. The van der Waals surface area contributed by atoms with Crippen molar-refractivity contribution in [3.8, 4) is 0 Å². The molecule has 0 aromatic heterocycles. The zero-order valence-corrected chi connectivity index (χ0v) is 26.4. The van der Waals surface area contributed by atoms with Gasteiger partial charge in [-0.15, -0.1) is 0 Å². The maximum Gasteiger partial charge on any atom is 0.264 e. The first-order chi connectivity index (χ1) is 19.1. The Bertz CT molecular complexity index is 1450. The Kier molecular flexibility index (Phi) is 10.3. The van der Waals surface area contributed by atoms with Crippen molar-refractivity contribution in [2.75, 3.05) is 10.8 Å². The molecule has 7 nitrogen and oxygen atoms in total. The average Bonchev–Trinajstić information content (AvgIpc) is 2.90. The SMILES string of the molecule is Cc1ccc(S(=O)(=O)N(CC(=O)N(Cc2ccc(Cl)cc2)[C@H](C)C(=O)NC(C)(C)C)c2ccc(C(C)C)cc2)cc1. The molecule has 3 rings (SSSR count). The summed E-state index contributed by atoms with van der Waals surface area (Å²) >= 11 is 6.06. The van der Waals surface area contributed by atoms with Gasteiger partial charge in [-0.1, -0.05) is 67.4 Å². The number of aryl methyl sites for hydroxylation is 1. The molecule has 0 radical (unpaired) electrons. The van der Waals surface area contributed by atoms with Crippen LogP contribution in [-0.4, -0.2) is 43.3 Å². The smallest absolute Gasteiger partial charge is 0.264 e. The number of anilines is 1. The van der Waals surface area contributed by atoms with E-state index in [1.807, 2.05) is 39.8 Å². The highest BCUT2D eigenvalue weighted by Crippen LogP contribution is 2.27. The van der Waals surface area contributed by atoms with E-state index in [4.69, 9.17) is 11.6 Å². The number of carbonyl (C=O) groups excluding carboxylic acids is 2. The molecule has 0 aliphatic carbocycles. The lowest BCUT2D eigenvalue weighted by molar-refractivity contribution is -0.140. The van der Waals surface area contributed by atoms with E-state index in [0.29, 0.717) is 10.7 Å². The molecule has 0 bridgehead atoms. The molecule has 0 saturated carbocycles. The van der Waals surface area contributed by atoms with Crippen molar-refractivity contribution >= 4 is 39.1 Å². The van der Waals surface area contributed by atoms with Gasteiger partial charge in [0.15, 0.2) is 0 Å². The fourth-order valence-corrected chi connectivity index (χ4v) is 5.78. The van der Waals surface area contributed by atoms with Crippen LogP contribution >= 0.6 is 11.6 Å². The summed E-state index contributed by atoms with van der Waals surface area (Å²) in [5.41, 5.74) is 2.57. The largest absolute Gasteiger partial charge is 0.350 e. The Balaban J connectivity index is 2.05. The number of nitrogens with zero attached hydrogens (tertiary/aromatic N) is 2. The number of nitrogens with one attached hydrogen (secondary N) is 1. The molecule has 0 aliphatic rings. The Morgan fingerprint density at radius 3 is 1.95 bits per heavy atom. The van der Waals surface area contributed by atoms with Crippen LogP contribution in [0, 0.1) is 6.92 Å². The lowest BCUT2D eigenvalue weighted by Gasteiger charge is -2.33. The summed E-state index contributed by atoms with van der Waals surface area (Å²) in [6, 6.07) is 19.8. The summed E-state index contributed by atoms with van der Waals surface area (Å²) in [7, 11) is -4.12. The third-order valence-corrected chi connectivity index (χ3v) is 8.71. The van der Waals surface area contributed by atoms with Crippen LogP contribution in [-0.2, 0) is 26.2 Å². The number of rotatable bonds is 10. The first-order valence-corrected chi connectivity index (χ1v) is 15.5. The second-order valence-corrected chi connectivity index (χ2v) is 13.9. The van der Waals surface area contributed by atoms with Crippen molar-refractivity contribution in [2.24, 2.45) is 0 Å². The number of hydrogen-bond acceptors (Lipinski definition) is 4. The highest BCUT2D eigenvalue weighted by molar-refractivity contribution is 7.92. The minimum atomic E-state index is -4.12. The molecule has 41 heavy (non-hydrogen) atoms. The van der Waals surface area contributed by atoms with Crippen molar-refractivity contribution in [1.82, 2.24) is 10.2 Å². The first kappa shape index (κ1) is 32.2. The van der Waals surface area contributed by atoms with Gasteiger partial charge in [0.25, 0.3) is 10.0 Å². The Morgan fingerprint density at radius 2 is 1.44 bits per heavy atom. The maximum atomic E-state index is 14.0. The van der Waals surface area contributed by atoms with Gasteiger partial charge >= 0.3 is 0 Å². The molecule has 3 aromatic carbocycles. The van der Waals surface area contributed by atoms with E-state index in [1.54, 1.807) is 55.5 Å². The van der Waals surface area contributed by atoms with E-state index in [0.717, 1.165) is 21.0 Å². The molecule has 3 aromatic rings. The van der Waals surface area contributed by atoms with Gasteiger partial charge in [-0.25, -0.2) is 8.42 Å². The predicted octanol–water partition coefficient (Wildman–Crippen LogP) is 6.30. The monoisotopic (exact) mass is 597 g/mol. The minimum Gasteiger partial charge on any atom is -0.350 e. The van der Waals surface area contributed by atoms with E-state index in [1.165, 1.54) is 17.0 Å². The highest BCUT2D eigenvalue weighted by atomic mass is 35.5. The summed E-state index contributed by atoms with van der Waals surface area (Å²) < 4.78 is 29.1. The van der Waals surface area contributed by atoms with Crippen molar-refractivity contribution in [3.63, 3.8) is 0 Å². The molecule has 1 N–H and O–H groups in total. The highest BCUT2D eigenvalue weighted by Gasteiger charge is 2.33. The number of halogens is 1. The molecular formula is C32H40ClN3O4S. The van der Waals surface area contributed by atoms with Gasteiger partial charge in [0, 0.05) is 17.1 Å². The maximum absolute atomic E-state index is 14.0. The zero-order chi connectivity index (χ0) is 30.5. The van der Waals surface area contributed by atoms with Crippen LogP contribution in [0.25, 0.3) is 0 Å². The molecule has 1 atom stereocenters. The summed E-state index contributed by atoms with van der Waals surface area (Å²) in [6.45, 7) is 12.8. The lowest BCUT2D eigenvalue weighted by atomic mass is 10.0. The van der Waals surface area contributed by atoms with Crippen LogP contribution in [0.3, 0.4) is 0 Å². The average molecular weight is 598 g/mol.